The Kier molecular flexibility index (Phi) is 4.17. The van der Waals surface area contributed by atoms with Gasteiger partial charge in [-0.05, 0) is 43.7 Å². The molecule has 0 spiro atoms. The number of fused-ring (bicyclic) bond motifs is 1. The number of hydrogen-bond acceptors (Lipinski definition) is 4. The molecule has 0 aromatic carbocycles. The van der Waals surface area contributed by atoms with Crippen LogP contribution in [0.3, 0.4) is 0 Å². The zero-order chi connectivity index (χ0) is 16.5. The third kappa shape index (κ3) is 2.87. The Balaban J connectivity index is 1.62. The maximum absolute atomic E-state index is 13.3. The Morgan fingerprint density at radius 3 is 2.92 bits per heavy atom. The van der Waals surface area contributed by atoms with Crippen LogP contribution in [0, 0.1) is 5.92 Å². The Labute approximate surface area is 142 Å². The lowest BCUT2D eigenvalue weighted by molar-refractivity contribution is 0.0637. The van der Waals surface area contributed by atoms with Gasteiger partial charge in [0.25, 0.3) is 5.91 Å². The molecule has 2 aromatic rings. The van der Waals surface area contributed by atoms with Gasteiger partial charge in [0.1, 0.15) is 11.5 Å². The molecule has 2 aromatic heterocycles. The molecule has 1 atom stereocenters. The first-order valence-corrected chi connectivity index (χ1v) is 9.03. The van der Waals surface area contributed by atoms with E-state index in [9.17, 15) is 4.79 Å². The van der Waals surface area contributed by atoms with Crippen molar-refractivity contribution in [2.45, 2.75) is 64.5 Å². The van der Waals surface area contributed by atoms with Crippen molar-refractivity contribution in [1.82, 2.24) is 10.1 Å². The van der Waals surface area contributed by atoms with Crippen LogP contribution in [-0.2, 0) is 19.4 Å². The summed E-state index contributed by atoms with van der Waals surface area (Å²) in [4.78, 5) is 15.2. The van der Waals surface area contributed by atoms with Gasteiger partial charge >= 0.3 is 0 Å². The third-order valence-electron chi connectivity index (χ3n) is 5.42. The van der Waals surface area contributed by atoms with Gasteiger partial charge in [-0.1, -0.05) is 24.9 Å². The van der Waals surface area contributed by atoms with Crippen LogP contribution in [0.4, 0.5) is 0 Å². The summed E-state index contributed by atoms with van der Waals surface area (Å²) in [5.74, 6) is 2.30. The topological polar surface area (TPSA) is 59.5 Å². The first-order chi connectivity index (χ1) is 11.7. The van der Waals surface area contributed by atoms with Crippen molar-refractivity contribution in [2.75, 3.05) is 0 Å². The van der Waals surface area contributed by atoms with E-state index < -0.39 is 0 Å². The molecule has 0 N–H and O–H groups in total. The second-order valence-electron chi connectivity index (χ2n) is 7.23. The summed E-state index contributed by atoms with van der Waals surface area (Å²) < 4.78 is 11.0. The molecule has 24 heavy (non-hydrogen) atoms. The zero-order valence-electron chi connectivity index (χ0n) is 14.2. The molecule has 5 heteroatoms. The lowest BCUT2D eigenvalue weighted by atomic mass is 9.88. The molecule has 0 aliphatic heterocycles. The minimum absolute atomic E-state index is 0.00241. The first kappa shape index (κ1) is 15.5. The Morgan fingerprint density at radius 2 is 2.17 bits per heavy atom. The molecule has 0 bridgehead atoms. The summed E-state index contributed by atoms with van der Waals surface area (Å²) in [5.41, 5.74) is 1.55. The fraction of sp³-hybridized carbons (Fsp3) is 0.579. The minimum atomic E-state index is -0.00241. The number of carbonyl (C=O) groups excluding carboxylic acids is 1. The van der Waals surface area contributed by atoms with Gasteiger partial charge in [-0.25, -0.2) is 0 Å². The van der Waals surface area contributed by atoms with Crippen molar-refractivity contribution in [3.8, 4) is 0 Å². The fourth-order valence-corrected chi connectivity index (χ4v) is 4.04. The van der Waals surface area contributed by atoms with E-state index in [0.717, 1.165) is 49.2 Å². The molecule has 0 radical (unpaired) electrons. The SMILES string of the molecule is C[C@@H]1CCc2onc(C(=O)N(Cc3ccco3)C3CCCC3)c2C1. The molecular weight excluding hydrogens is 304 g/mol. The van der Waals surface area contributed by atoms with Crippen molar-refractivity contribution >= 4 is 5.91 Å². The number of furan rings is 1. The zero-order valence-corrected chi connectivity index (χ0v) is 14.2. The summed E-state index contributed by atoms with van der Waals surface area (Å²) in [5, 5.41) is 4.16. The summed E-state index contributed by atoms with van der Waals surface area (Å²) in [6.45, 7) is 2.73. The highest BCUT2D eigenvalue weighted by Gasteiger charge is 2.34. The van der Waals surface area contributed by atoms with Crippen molar-refractivity contribution in [3.63, 3.8) is 0 Å². The van der Waals surface area contributed by atoms with E-state index in [-0.39, 0.29) is 11.9 Å². The van der Waals surface area contributed by atoms with Gasteiger partial charge in [-0.15, -0.1) is 0 Å². The van der Waals surface area contributed by atoms with Crippen molar-refractivity contribution in [2.24, 2.45) is 5.92 Å². The van der Waals surface area contributed by atoms with E-state index in [4.69, 9.17) is 8.94 Å². The minimum Gasteiger partial charge on any atom is -0.467 e. The van der Waals surface area contributed by atoms with Crippen LogP contribution in [0.15, 0.2) is 27.3 Å². The van der Waals surface area contributed by atoms with Gasteiger partial charge in [0.05, 0.1) is 12.8 Å². The number of aryl methyl sites for hydroxylation is 1. The normalized spacial score (nSPS) is 21.0. The molecule has 0 saturated heterocycles. The van der Waals surface area contributed by atoms with Crippen LogP contribution >= 0.6 is 0 Å². The Morgan fingerprint density at radius 1 is 1.33 bits per heavy atom. The van der Waals surface area contributed by atoms with E-state index in [1.54, 1.807) is 6.26 Å². The highest BCUT2D eigenvalue weighted by molar-refractivity contribution is 5.94. The predicted octanol–water partition coefficient (Wildman–Crippen LogP) is 3.98. The molecule has 2 aliphatic rings. The number of rotatable bonds is 4. The van der Waals surface area contributed by atoms with E-state index >= 15 is 0 Å². The van der Waals surface area contributed by atoms with Crippen LogP contribution in [-0.4, -0.2) is 22.0 Å². The maximum atomic E-state index is 13.3. The van der Waals surface area contributed by atoms with Crippen LogP contribution in [0.1, 0.15) is 66.6 Å². The molecule has 5 nitrogen and oxygen atoms in total. The number of hydrogen-bond donors (Lipinski definition) is 0. The summed E-state index contributed by atoms with van der Waals surface area (Å²) in [6, 6.07) is 4.07. The monoisotopic (exact) mass is 328 g/mol. The van der Waals surface area contributed by atoms with Crippen LogP contribution in [0.25, 0.3) is 0 Å². The van der Waals surface area contributed by atoms with E-state index in [2.05, 4.69) is 12.1 Å². The largest absolute Gasteiger partial charge is 0.467 e. The number of carbonyl (C=O) groups is 1. The number of aromatic nitrogens is 1. The highest BCUT2D eigenvalue weighted by atomic mass is 16.5. The van der Waals surface area contributed by atoms with Crippen LogP contribution in [0.5, 0.6) is 0 Å². The standard InChI is InChI=1S/C19H24N2O3/c1-13-8-9-17-16(11-13)18(20-24-17)19(22)21(14-5-2-3-6-14)12-15-7-4-10-23-15/h4,7,10,13-14H,2-3,5-6,8-9,11-12H2,1H3/t13-/m1/s1. The highest BCUT2D eigenvalue weighted by Crippen LogP contribution is 2.31. The van der Waals surface area contributed by atoms with E-state index in [0.29, 0.717) is 18.2 Å². The molecule has 128 valence electrons. The predicted molar refractivity (Wildman–Crippen MR) is 88.5 cm³/mol. The number of amides is 1. The Hall–Kier alpha value is -2.04. The summed E-state index contributed by atoms with van der Waals surface area (Å²) >= 11 is 0. The number of nitrogens with zero attached hydrogens (tertiary/aromatic N) is 2. The summed E-state index contributed by atoms with van der Waals surface area (Å²) in [7, 11) is 0. The summed E-state index contributed by atoms with van der Waals surface area (Å²) in [6.07, 6.45) is 9.02. The van der Waals surface area contributed by atoms with Crippen molar-refractivity contribution in [1.29, 1.82) is 0 Å². The molecule has 1 amide bonds. The van der Waals surface area contributed by atoms with Crippen LogP contribution < -0.4 is 0 Å². The first-order valence-electron chi connectivity index (χ1n) is 9.03. The smallest absolute Gasteiger partial charge is 0.276 e. The fourth-order valence-electron chi connectivity index (χ4n) is 4.04. The molecule has 2 aliphatic carbocycles. The van der Waals surface area contributed by atoms with E-state index in [1.807, 2.05) is 17.0 Å². The third-order valence-corrected chi connectivity index (χ3v) is 5.42. The average molecular weight is 328 g/mol. The molecule has 1 saturated carbocycles. The quantitative estimate of drug-likeness (QED) is 0.852. The lowest BCUT2D eigenvalue weighted by Crippen LogP contribution is -2.39. The van der Waals surface area contributed by atoms with Gasteiger partial charge < -0.3 is 13.8 Å². The molecule has 0 unspecified atom stereocenters. The Bertz CT molecular complexity index is 698. The molecule has 4 rings (SSSR count). The lowest BCUT2D eigenvalue weighted by Gasteiger charge is -2.28. The van der Waals surface area contributed by atoms with E-state index in [1.165, 1.54) is 12.8 Å². The molecular formula is C19H24N2O3. The van der Waals surface area contributed by atoms with Gasteiger partial charge in [0.2, 0.25) is 0 Å². The van der Waals surface area contributed by atoms with Gasteiger partial charge in [0.15, 0.2) is 5.69 Å². The van der Waals surface area contributed by atoms with Gasteiger partial charge in [0, 0.05) is 18.0 Å². The second-order valence-corrected chi connectivity index (χ2v) is 7.23. The van der Waals surface area contributed by atoms with Gasteiger partial charge in [-0.2, -0.15) is 0 Å². The maximum Gasteiger partial charge on any atom is 0.276 e. The van der Waals surface area contributed by atoms with Crippen molar-refractivity contribution in [3.05, 3.63) is 41.2 Å². The van der Waals surface area contributed by atoms with Gasteiger partial charge in [-0.3, -0.25) is 4.79 Å². The molecule has 1 fully saturated rings. The molecule has 2 heterocycles. The second kappa shape index (κ2) is 6.46. The van der Waals surface area contributed by atoms with Crippen LogP contribution in [0.2, 0.25) is 0 Å². The average Bonchev–Trinajstić information content (AvgIpc) is 3.32. The van der Waals surface area contributed by atoms with Crippen molar-refractivity contribution < 1.29 is 13.7 Å².